The number of rotatable bonds is 1. The Morgan fingerprint density at radius 3 is 2.73 bits per heavy atom. The van der Waals surface area contributed by atoms with E-state index >= 15 is 0 Å². The van der Waals surface area contributed by atoms with Gasteiger partial charge in [0.15, 0.2) is 6.29 Å². The van der Waals surface area contributed by atoms with Crippen LogP contribution in [0.2, 0.25) is 5.02 Å². The van der Waals surface area contributed by atoms with E-state index in [1.54, 1.807) is 0 Å². The van der Waals surface area contributed by atoms with Gasteiger partial charge in [-0.2, -0.15) is 0 Å². The highest BCUT2D eigenvalue weighted by Gasteiger charge is 2.04. The molecule has 1 aromatic carbocycles. The van der Waals surface area contributed by atoms with Crippen molar-refractivity contribution in [3.05, 3.63) is 32.1 Å². The molecule has 0 heterocycles. The zero-order valence-electron chi connectivity index (χ0n) is 5.27. The van der Waals surface area contributed by atoms with Gasteiger partial charge in [0.2, 0.25) is 0 Å². The SMILES string of the molecule is O=Cc1cc(Cl)c(I)cc1F. The Bertz CT molecular complexity index is 301. The zero-order chi connectivity index (χ0) is 8.43. The lowest BCUT2D eigenvalue weighted by atomic mass is 10.2. The minimum atomic E-state index is -0.534. The first-order valence-corrected chi connectivity index (χ1v) is 4.20. The Morgan fingerprint density at radius 1 is 1.55 bits per heavy atom. The van der Waals surface area contributed by atoms with Crippen LogP contribution in [0.1, 0.15) is 10.4 Å². The van der Waals surface area contributed by atoms with Crippen LogP contribution < -0.4 is 0 Å². The van der Waals surface area contributed by atoms with Gasteiger partial charge in [-0.15, -0.1) is 0 Å². The van der Waals surface area contributed by atoms with Crippen LogP contribution in [-0.4, -0.2) is 6.29 Å². The number of hydrogen-bond donors (Lipinski definition) is 0. The molecule has 4 heteroatoms. The third-order valence-corrected chi connectivity index (χ3v) is 2.69. The van der Waals surface area contributed by atoms with Gasteiger partial charge in [0, 0.05) is 3.57 Å². The van der Waals surface area contributed by atoms with E-state index in [-0.39, 0.29) is 5.56 Å². The lowest BCUT2D eigenvalue weighted by Crippen LogP contribution is -1.88. The number of halogens is 3. The number of carbonyl (C=O) groups excluding carboxylic acids is 1. The van der Waals surface area contributed by atoms with Gasteiger partial charge in [-0.1, -0.05) is 11.6 Å². The average Bonchev–Trinajstić information content (AvgIpc) is 1.97. The minimum absolute atomic E-state index is 0.00424. The number of aldehydes is 1. The second kappa shape index (κ2) is 3.49. The van der Waals surface area contributed by atoms with E-state index in [1.807, 2.05) is 22.6 Å². The quantitative estimate of drug-likeness (QED) is 0.440. The van der Waals surface area contributed by atoms with Gasteiger partial charge in [0.1, 0.15) is 5.82 Å². The van der Waals surface area contributed by atoms with E-state index in [0.29, 0.717) is 14.9 Å². The summed E-state index contributed by atoms with van der Waals surface area (Å²) in [5.41, 5.74) is -0.00424. The van der Waals surface area contributed by atoms with Gasteiger partial charge in [-0.3, -0.25) is 4.79 Å². The average molecular weight is 284 g/mol. The summed E-state index contributed by atoms with van der Waals surface area (Å²) in [6, 6.07) is 2.54. The standard InChI is InChI=1S/C7H3ClFIO/c8-5-1-4(3-11)6(9)2-7(5)10/h1-3H. The summed E-state index contributed by atoms with van der Waals surface area (Å²) in [5, 5.41) is 0.397. The van der Waals surface area contributed by atoms with Crippen molar-refractivity contribution in [2.45, 2.75) is 0 Å². The molecule has 0 saturated carbocycles. The fraction of sp³-hybridized carbons (Fsp3) is 0. The van der Waals surface area contributed by atoms with Crippen LogP contribution >= 0.6 is 34.2 Å². The Labute approximate surface area is 81.7 Å². The third kappa shape index (κ3) is 1.90. The Balaban J connectivity index is 3.31. The molecule has 0 spiro atoms. The number of hydrogen-bond acceptors (Lipinski definition) is 1. The Hall–Kier alpha value is -0.160. The molecule has 11 heavy (non-hydrogen) atoms. The predicted molar refractivity (Wildman–Crippen MR) is 49.5 cm³/mol. The van der Waals surface area contributed by atoms with Crippen molar-refractivity contribution in [1.82, 2.24) is 0 Å². The summed E-state index contributed by atoms with van der Waals surface area (Å²) in [6.07, 6.45) is 0.442. The molecule has 0 N–H and O–H groups in total. The molecule has 0 aliphatic rings. The second-order valence-corrected chi connectivity index (χ2v) is 3.48. The van der Waals surface area contributed by atoms with E-state index < -0.39 is 5.82 Å². The van der Waals surface area contributed by atoms with Crippen molar-refractivity contribution >= 4 is 40.5 Å². The van der Waals surface area contributed by atoms with Crippen molar-refractivity contribution in [3.63, 3.8) is 0 Å². The summed E-state index contributed by atoms with van der Waals surface area (Å²) in [5.74, 6) is -0.534. The molecule has 0 fully saturated rings. The van der Waals surface area contributed by atoms with Gasteiger partial charge in [-0.25, -0.2) is 4.39 Å². The fourth-order valence-corrected chi connectivity index (χ4v) is 1.23. The van der Waals surface area contributed by atoms with Gasteiger partial charge in [-0.05, 0) is 34.7 Å². The molecule has 1 nitrogen and oxygen atoms in total. The van der Waals surface area contributed by atoms with Gasteiger partial charge in [0.05, 0.1) is 10.6 Å². The summed E-state index contributed by atoms with van der Waals surface area (Å²) in [7, 11) is 0. The predicted octanol–water partition coefficient (Wildman–Crippen LogP) is 2.90. The normalized spacial score (nSPS) is 9.73. The maximum Gasteiger partial charge on any atom is 0.153 e. The van der Waals surface area contributed by atoms with Gasteiger partial charge < -0.3 is 0 Å². The third-order valence-electron chi connectivity index (χ3n) is 1.17. The fourth-order valence-electron chi connectivity index (χ4n) is 0.628. The molecule has 0 unspecified atom stereocenters. The first-order chi connectivity index (χ1) is 5.15. The number of carbonyl (C=O) groups is 1. The Kier molecular flexibility index (Phi) is 2.84. The molecule has 58 valence electrons. The van der Waals surface area contributed by atoms with Gasteiger partial charge in [0.25, 0.3) is 0 Å². The molecule has 0 atom stereocenters. The molecule has 0 bridgehead atoms. The maximum atomic E-state index is 12.7. The van der Waals surface area contributed by atoms with Gasteiger partial charge >= 0.3 is 0 Å². The first kappa shape index (κ1) is 8.93. The largest absolute Gasteiger partial charge is 0.298 e. The highest BCUT2D eigenvalue weighted by Crippen LogP contribution is 2.21. The monoisotopic (exact) mass is 284 g/mol. The molecule has 0 saturated heterocycles. The second-order valence-electron chi connectivity index (χ2n) is 1.91. The summed E-state index contributed by atoms with van der Waals surface area (Å²) in [6.45, 7) is 0. The number of benzene rings is 1. The van der Waals surface area contributed by atoms with E-state index in [1.165, 1.54) is 12.1 Å². The van der Waals surface area contributed by atoms with Crippen LogP contribution in [0.5, 0.6) is 0 Å². The molecule has 0 aliphatic heterocycles. The molecule has 0 radical (unpaired) electrons. The van der Waals surface area contributed by atoms with E-state index in [2.05, 4.69) is 0 Å². The van der Waals surface area contributed by atoms with Crippen molar-refractivity contribution in [1.29, 1.82) is 0 Å². The van der Waals surface area contributed by atoms with Crippen LogP contribution in [0.4, 0.5) is 4.39 Å². The smallest absolute Gasteiger partial charge is 0.153 e. The van der Waals surface area contributed by atoms with Crippen LogP contribution in [0.3, 0.4) is 0 Å². The molecule has 0 aliphatic carbocycles. The molecule has 1 rings (SSSR count). The van der Waals surface area contributed by atoms with Crippen molar-refractivity contribution in [2.24, 2.45) is 0 Å². The maximum absolute atomic E-state index is 12.7. The summed E-state index contributed by atoms with van der Waals surface area (Å²) >= 11 is 7.53. The minimum Gasteiger partial charge on any atom is -0.298 e. The highest BCUT2D eigenvalue weighted by molar-refractivity contribution is 14.1. The molecular formula is C7H3ClFIO. The van der Waals surface area contributed by atoms with Crippen LogP contribution in [0, 0.1) is 9.39 Å². The molecule has 1 aromatic rings. The summed E-state index contributed by atoms with van der Waals surface area (Å²) in [4.78, 5) is 10.2. The summed E-state index contributed by atoms with van der Waals surface area (Å²) < 4.78 is 13.3. The van der Waals surface area contributed by atoms with Crippen molar-refractivity contribution < 1.29 is 9.18 Å². The van der Waals surface area contributed by atoms with Crippen LogP contribution in [-0.2, 0) is 0 Å². The van der Waals surface area contributed by atoms with Crippen molar-refractivity contribution in [3.8, 4) is 0 Å². The van der Waals surface area contributed by atoms with E-state index in [9.17, 15) is 9.18 Å². The van der Waals surface area contributed by atoms with Crippen LogP contribution in [0.15, 0.2) is 12.1 Å². The van der Waals surface area contributed by atoms with Crippen LogP contribution in [0.25, 0.3) is 0 Å². The molecule has 0 aromatic heterocycles. The molecular weight excluding hydrogens is 281 g/mol. The zero-order valence-corrected chi connectivity index (χ0v) is 8.19. The lowest BCUT2D eigenvalue weighted by molar-refractivity contribution is 0.112. The lowest BCUT2D eigenvalue weighted by Gasteiger charge is -1.97. The Morgan fingerprint density at radius 2 is 2.18 bits per heavy atom. The van der Waals surface area contributed by atoms with Crippen molar-refractivity contribution in [2.75, 3.05) is 0 Å². The highest BCUT2D eigenvalue weighted by atomic mass is 127. The van der Waals surface area contributed by atoms with E-state index in [4.69, 9.17) is 11.6 Å². The van der Waals surface area contributed by atoms with E-state index in [0.717, 1.165) is 0 Å². The first-order valence-electron chi connectivity index (χ1n) is 2.75. The topological polar surface area (TPSA) is 17.1 Å². The molecule has 0 amide bonds.